The van der Waals surface area contributed by atoms with Crippen molar-refractivity contribution in [1.82, 2.24) is 4.98 Å². The summed E-state index contributed by atoms with van der Waals surface area (Å²) in [6.45, 7) is 1.78. The molecule has 2 atom stereocenters. The second kappa shape index (κ2) is 4.12. The van der Waals surface area contributed by atoms with Gasteiger partial charge in [0.05, 0.1) is 5.92 Å². The first-order chi connectivity index (χ1) is 7.58. The molecule has 84 valence electrons. The summed E-state index contributed by atoms with van der Waals surface area (Å²) in [4.78, 5) is 3.97. The quantitative estimate of drug-likeness (QED) is 0.712. The highest BCUT2D eigenvalue weighted by molar-refractivity contribution is 5.35. The third-order valence-corrected chi connectivity index (χ3v) is 2.50. The van der Waals surface area contributed by atoms with Gasteiger partial charge in [0.25, 0.3) is 0 Å². The van der Waals surface area contributed by atoms with Gasteiger partial charge in [0.1, 0.15) is 17.8 Å². The lowest BCUT2D eigenvalue weighted by Crippen LogP contribution is -2.16. The molecule has 1 aromatic rings. The summed E-state index contributed by atoms with van der Waals surface area (Å²) in [5.41, 5.74) is 1.18. The van der Waals surface area contributed by atoms with Crippen molar-refractivity contribution < 1.29 is 13.2 Å². The Morgan fingerprint density at radius 2 is 2.00 bits per heavy atom. The summed E-state index contributed by atoms with van der Waals surface area (Å²) in [6.07, 6.45) is 1.21. The number of allylic oxidation sites excluding steroid dienone is 4. The van der Waals surface area contributed by atoms with Crippen molar-refractivity contribution in [2.24, 2.45) is 0 Å². The van der Waals surface area contributed by atoms with E-state index in [9.17, 15) is 13.2 Å². The molecule has 1 aliphatic rings. The van der Waals surface area contributed by atoms with Crippen LogP contribution in [-0.4, -0.2) is 11.2 Å². The normalized spacial score (nSPS) is 25.0. The van der Waals surface area contributed by atoms with Crippen molar-refractivity contribution in [3.05, 3.63) is 53.4 Å². The van der Waals surface area contributed by atoms with Crippen molar-refractivity contribution >= 4 is 0 Å². The summed E-state index contributed by atoms with van der Waals surface area (Å²) >= 11 is 0. The number of aryl methyl sites for hydroxylation is 1. The molecule has 0 saturated heterocycles. The molecule has 0 amide bonds. The second-order valence-corrected chi connectivity index (χ2v) is 3.74. The van der Waals surface area contributed by atoms with E-state index in [1.807, 2.05) is 0 Å². The molecule has 0 saturated carbocycles. The van der Waals surface area contributed by atoms with Crippen molar-refractivity contribution in [2.75, 3.05) is 0 Å². The first kappa shape index (κ1) is 10.9. The third kappa shape index (κ3) is 2.01. The number of hydrogen-bond acceptors (Lipinski definition) is 1. The monoisotopic (exact) mass is 225 g/mol. The molecule has 0 N–H and O–H groups in total. The van der Waals surface area contributed by atoms with E-state index in [1.165, 1.54) is 6.20 Å². The number of aromatic nitrogens is 1. The molecule has 0 bridgehead atoms. The summed E-state index contributed by atoms with van der Waals surface area (Å²) < 4.78 is 39.7. The van der Waals surface area contributed by atoms with E-state index in [0.717, 1.165) is 11.8 Å². The van der Waals surface area contributed by atoms with E-state index in [0.29, 0.717) is 11.6 Å². The van der Waals surface area contributed by atoms with Crippen LogP contribution in [0, 0.1) is 6.92 Å². The van der Waals surface area contributed by atoms with Crippen LogP contribution in [0.1, 0.15) is 17.2 Å². The van der Waals surface area contributed by atoms with Crippen LogP contribution in [-0.2, 0) is 0 Å². The SMILES string of the molecule is Cc1ccc(C2C(F)=CC(F)=CC2F)cn1. The number of alkyl halides is 1. The van der Waals surface area contributed by atoms with E-state index >= 15 is 0 Å². The number of rotatable bonds is 1. The minimum absolute atomic E-state index is 0.413. The predicted octanol–water partition coefficient (Wildman–Crippen LogP) is 3.53. The molecular formula is C12H10F3N. The number of hydrogen-bond donors (Lipinski definition) is 0. The minimum Gasteiger partial charge on any atom is -0.261 e. The van der Waals surface area contributed by atoms with Crippen LogP contribution in [0.5, 0.6) is 0 Å². The van der Waals surface area contributed by atoms with Crippen LogP contribution < -0.4 is 0 Å². The first-order valence-corrected chi connectivity index (χ1v) is 4.89. The topological polar surface area (TPSA) is 12.9 Å². The second-order valence-electron chi connectivity index (χ2n) is 3.74. The van der Waals surface area contributed by atoms with Crippen LogP contribution >= 0.6 is 0 Å². The first-order valence-electron chi connectivity index (χ1n) is 4.89. The van der Waals surface area contributed by atoms with E-state index in [2.05, 4.69) is 4.98 Å². The maximum absolute atomic E-state index is 13.5. The standard InChI is InChI=1S/C12H10F3N/c1-7-2-3-8(6-16-7)12-10(14)4-9(13)5-11(12)15/h2-6,10,12H,1H3. The highest BCUT2D eigenvalue weighted by atomic mass is 19.2. The smallest absolute Gasteiger partial charge is 0.135 e. The Labute approximate surface area is 91.3 Å². The molecule has 0 radical (unpaired) electrons. The van der Waals surface area contributed by atoms with Crippen LogP contribution in [0.25, 0.3) is 0 Å². The van der Waals surface area contributed by atoms with Gasteiger partial charge in [-0.05, 0) is 24.6 Å². The van der Waals surface area contributed by atoms with E-state index < -0.39 is 23.7 Å². The molecule has 1 heterocycles. The molecule has 2 unspecified atom stereocenters. The van der Waals surface area contributed by atoms with Gasteiger partial charge in [-0.1, -0.05) is 6.07 Å². The summed E-state index contributed by atoms with van der Waals surface area (Å²) in [7, 11) is 0. The van der Waals surface area contributed by atoms with E-state index in [1.54, 1.807) is 19.1 Å². The molecule has 4 heteroatoms. The largest absolute Gasteiger partial charge is 0.261 e. The molecule has 0 aliphatic heterocycles. The molecule has 16 heavy (non-hydrogen) atoms. The average molecular weight is 225 g/mol. The number of nitrogens with zero attached hydrogens (tertiary/aromatic N) is 1. The zero-order valence-corrected chi connectivity index (χ0v) is 8.62. The summed E-state index contributed by atoms with van der Waals surface area (Å²) in [5, 5.41) is 0. The molecular weight excluding hydrogens is 215 g/mol. The number of halogens is 3. The van der Waals surface area contributed by atoms with Gasteiger partial charge in [0, 0.05) is 18.0 Å². The minimum atomic E-state index is -1.69. The predicted molar refractivity (Wildman–Crippen MR) is 55.0 cm³/mol. The van der Waals surface area contributed by atoms with Crippen molar-refractivity contribution in [1.29, 1.82) is 0 Å². The fourth-order valence-electron chi connectivity index (χ4n) is 1.68. The van der Waals surface area contributed by atoms with E-state index in [4.69, 9.17) is 0 Å². The van der Waals surface area contributed by atoms with Gasteiger partial charge in [-0.2, -0.15) is 0 Å². The fourth-order valence-corrected chi connectivity index (χ4v) is 1.68. The Balaban J connectivity index is 2.35. The third-order valence-electron chi connectivity index (χ3n) is 2.50. The summed E-state index contributed by atoms with van der Waals surface area (Å²) in [5.74, 6) is -2.76. The zero-order chi connectivity index (χ0) is 11.7. The average Bonchev–Trinajstić information content (AvgIpc) is 2.19. The Morgan fingerprint density at radius 1 is 1.25 bits per heavy atom. The summed E-state index contributed by atoms with van der Waals surface area (Å²) in [6, 6.07) is 3.27. The lowest BCUT2D eigenvalue weighted by Gasteiger charge is -2.20. The van der Waals surface area contributed by atoms with Gasteiger partial charge in [-0.25, -0.2) is 13.2 Å². The maximum atomic E-state index is 13.5. The molecule has 0 fully saturated rings. The lowest BCUT2D eigenvalue weighted by atomic mass is 9.90. The Bertz CT molecular complexity index is 448. The molecule has 0 spiro atoms. The molecule has 0 aromatic carbocycles. The Kier molecular flexibility index (Phi) is 2.81. The van der Waals surface area contributed by atoms with Gasteiger partial charge in [0.2, 0.25) is 0 Å². The molecule has 2 rings (SSSR count). The van der Waals surface area contributed by atoms with Gasteiger partial charge in [-0.3, -0.25) is 4.98 Å². The molecule has 1 nitrogen and oxygen atoms in total. The molecule has 1 aliphatic carbocycles. The van der Waals surface area contributed by atoms with Crippen molar-refractivity contribution in [3.63, 3.8) is 0 Å². The van der Waals surface area contributed by atoms with Crippen LogP contribution in [0.3, 0.4) is 0 Å². The van der Waals surface area contributed by atoms with Gasteiger partial charge in [0.15, 0.2) is 0 Å². The van der Waals surface area contributed by atoms with Crippen molar-refractivity contribution in [3.8, 4) is 0 Å². The Hall–Kier alpha value is -1.58. The van der Waals surface area contributed by atoms with Crippen molar-refractivity contribution in [2.45, 2.75) is 19.0 Å². The van der Waals surface area contributed by atoms with Gasteiger partial charge in [-0.15, -0.1) is 0 Å². The number of pyridine rings is 1. The maximum Gasteiger partial charge on any atom is 0.135 e. The van der Waals surface area contributed by atoms with Gasteiger partial charge < -0.3 is 0 Å². The fraction of sp³-hybridized carbons (Fsp3) is 0.250. The van der Waals surface area contributed by atoms with Crippen LogP contribution in [0.15, 0.2) is 42.1 Å². The highest BCUT2D eigenvalue weighted by Crippen LogP contribution is 2.35. The highest BCUT2D eigenvalue weighted by Gasteiger charge is 2.29. The lowest BCUT2D eigenvalue weighted by molar-refractivity contribution is 0.322. The van der Waals surface area contributed by atoms with Crippen LogP contribution in [0.2, 0.25) is 0 Å². The zero-order valence-electron chi connectivity index (χ0n) is 8.62. The van der Waals surface area contributed by atoms with Crippen LogP contribution in [0.4, 0.5) is 13.2 Å². The molecule has 1 aromatic heterocycles. The van der Waals surface area contributed by atoms with E-state index in [-0.39, 0.29) is 0 Å². The Morgan fingerprint density at radius 3 is 2.56 bits per heavy atom. The van der Waals surface area contributed by atoms with Gasteiger partial charge >= 0.3 is 0 Å².